The van der Waals surface area contributed by atoms with Gasteiger partial charge in [0, 0.05) is 24.7 Å². The maximum absolute atomic E-state index is 10.9. The number of aliphatic carboxylic acids is 1. The lowest BCUT2D eigenvalue weighted by atomic mass is 9.84. The van der Waals surface area contributed by atoms with Crippen molar-refractivity contribution in [2.45, 2.75) is 51.2 Å². The summed E-state index contributed by atoms with van der Waals surface area (Å²) >= 11 is 6.57. The molecule has 29 heavy (non-hydrogen) atoms. The maximum Gasteiger partial charge on any atom is 0.309 e. The summed E-state index contributed by atoms with van der Waals surface area (Å²) in [6, 6.07) is 14.4. The van der Waals surface area contributed by atoms with Crippen LogP contribution in [-0.4, -0.2) is 29.1 Å². The lowest BCUT2D eigenvalue weighted by Crippen LogP contribution is -2.49. The number of rotatable bonds is 7. The lowest BCUT2D eigenvalue weighted by molar-refractivity contribution is -0.147. The van der Waals surface area contributed by atoms with Crippen LogP contribution in [0.1, 0.15) is 54.7 Å². The van der Waals surface area contributed by atoms with Crippen molar-refractivity contribution < 1.29 is 14.6 Å². The van der Waals surface area contributed by atoms with Gasteiger partial charge in [0.1, 0.15) is 12.4 Å². The van der Waals surface area contributed by atoms with Crippen molar-refractivity contribution in [3.63, 3.8) is 0 Å². The van der Waals surface area contributed by atoms with E-state index >= 15 is 0 Å². The van der Waals surface area contributed by atoms with Gasteiger partial charge in [-0.3, -0.25) is 9.69 Å². The smallest absolute Gasteiger partial charge is 0.309 e. The number of likely N-dealkylation sites (tertiary alicyclic amines) is 1. The fourth-order valence-corrected chi connectivity index (χ4v) is 4.73. The molecule has 154 valence electrons. The maximum atomic E-state index is 10.9. The van der Waals surface area contributed by atoms with Crippen LogP contribution in [0, 0.1) is 5.92 Å². The van der Waals surface area contributed by atoms with E-state index < -0.39 is 5.97 Å². The molecule has 0 amide bonds. The molecule has 0 radical (unpaired) electrons. The predicted molar refractivity (Wildman–Crippen MR) is 114 cm³/mol. The van der Waals surface area contributed by atoms with Crippen molar-refractivity contribution in [2.75, 3.05) is 13.1 Å². The Kier molecular flexibility index (Phi) is 6.41. The Morgan fingerprint density at radius 3 is 2.38 bits per heavy atom. The molecule has 1 saturated heterocycles. The van der Waals surface area contributed by atoms with E-state index in [4.69, 9.17) is 21.4 Å². The van der Waals surface area contributed by atoms with Crippen LogP contribution in [-0.2, 0) is 17.9 Å². The van der Waals surface area contributed by atoms with Crippen LogP contribution in [0.2, 0.25) is 5.02 Å². The van der Waals surface area contributed by atoms with Crippen LogP contribution in [0.3, 0.4) is 0 Å². The van der Waals surface area contributed by atoms with Crippen LogP contribution >= 0.6 is 11.6 Å². The summed E-state index contributed by atoms with van der Waals surface area (Å²) in [7, 11) is 0. The van der Waals surface area contributed by atoms with Gasteiger partial charge in [-0.05, 0) is 53.6 Å². The number of carboxylic acids is 1. The molecule has 0 bridgehead atoms. The van der Waals surface area contributed by atoms with E-state index in [1.807, 2.05) is 30.3 Å². The highest BCUT2D eigenvalue weighted by molar-refractivity contribution is 6.31. The molecule has 1 heterocycles. The Balaban J connectivity index is 1.28. The number of hydrogen-bond acceptors (Lipinski definition) is 3. The first-order chi connectivity index (χ1) is 14.1. The summed E-state index contributed by atoms with van der Waals surface area (Å²) < 4.78 is 5.93. The molecule has 1 saturated carbocycles. The first-order valence-corrected chi connectivity index (χ1v) is 10.9. The van der Waals surface area contributed by atoms with E-state index in [-0.39, 0.29) is 5.92 Å². The molecule has 2 aromatic rings. The molecule has 2 aromatic carbocycles. The van der Waals surface area contributed by atoms with Crippen molar-refractivity contribution >= 4 is 17.6 Å². The number of hydrogen-bond donors (Lipinski definition) is 1. The van der Waals surface area contributed by atoms with Gasteiger partial charge in [0.05, 0.1) is 5.92 Å². The number of carboxylic acid groups (broad SMARTS) is 1. The van der Waals surface area contributed by atoms with E-state index in [0.29, 0.717) is 25.6 Å². The standard InChI is InChI=1S/C24H28ClNO3/c25-23-12-18(8-11-22(23)19-4-2-1-3-5-19)16-29-21-9-6-17(7-10-21)13-26-14-20(15-26)24(27)28/h6-12,19-20H,1-5,13-16H2,(H,27,28). The van der Waals surface area contributed by atoms with Gasteiger partial charge in [0.2, 0.25) is 0 Å². The largest absolute Gasteiger partial charge is 0.489 e. The van der Waals surface area contributed by atoms with Gasteiger partial charge in [-0.1, -0.05) is 55.1 Å². The van der Waals surface area contributed by atoms with Gasteiger partial charge < -0.3 is 9.84 Å². The minimum atomic E-state index is -0.697. The molecule has 0 spiro atoms. The van der Waals surface area contributed by atoms with Gasteiger partial charge in [-0.15, -0.1) is 0 Å². The van der Waals surface area contributed by atoms with Crippen LogP contribution in [0.5, 0.6) is 5.75 Å². The average Bonchev–Trinajstić information content (AvgIpc) is 2.70. The number of halogens is 1. The van der Waals surface area contributed by atoms with Crippen molar-refractivity contribution in [1.82, 2.24) is 4.90 Å². The zero-order valence-corrected chi connectivity index (χ0v) is 17.4. The third-order valence-electron chi connectivity index (χ3n) is 6.15. The van der Waals surface area contributed by atoms with Crippen molar-refractivity contribution in [3.8, 4) is 5.75 Å². The fraction of sp³-hybridized carbons (Fsp3) is 0.458. The van der Waals surface area contributed by atoms with Crippen molar-refractivity contribution in [1.29, 1.82) is 0 Å². The summed E-state index contributed by atoms with van der Waals surface area (Å²) in [5.74, 6) is 0.523. The average molecular weight is 414 g/mol. The zero-order valence-electron chi connectivity index (χ0n) is 16.6. The third-order valence-corrected chi connectivity index (χ3v) is 6.48. The molecule has 0 aromatic heterocycles. The second-order valence-electron chi connectivity index (χ2n) is 8.35. The monoisotopic (exact) mass is 413 g/mol. The Morgan fingerprint density at radius 1 is 1.03 bits per heavy atom. The molecule has 1 N–H and O–H groups in total. The molecule has 0 unspecified atom stereocenters. The Labute approximate surface area is 177 Å². The van der Waals surface area contributed by atoms with Crippen LogP contribution in [0.25, 0.3) is 0 Å². The van der Waals surface area contributed by atoms with E-state index in [1.165, 1.54) is 43.2 Å². The summed E-state index contributed by atoms with van der Waals surface area (Å²) in [6.07, 6.45) is 6.45. The van der Waals surface area contributed by atoms with Gasteiger partial charge in [0.15, 0.2) is 0 Å². The molecular formula is C24H28ClNO3. The molecule has 2 fully saturated rings. The van der Waals surface area contributed by atoms with Crippen LogP contribution in [0.4, 0.5) is 0 Å². The summed E-state index contributed by atoms with van der Waals surface area (Å²) in [5.41, 5.74) is 3.54. The first kappa shape index (κ1) is 20.2. The number of ether oxygens (including phenoxy) is 1. The molecule has 2 aliphatic rings. The minimum absolute atomic E-state index is 0.214. The predicted octanol–water partition coefficient (Wildman–Crippen LogP) is 5.48. The van der Waals surface area contributed by atoms with Crippen molar-refractivity contribution in [2.24, 2.45) is 5.92 Å². The number of carbonyl (C=O) groups is 1. The van der Waals surface area contributed by atoms with E-state index in [9.17, 15) is 4.79 Å². The normalized spacial score (nSPS) is 18.4. The second kappa shape index (κ2) is 9.19. The van der Waals surface area contributed by atoms with E-state index in [1.54, 1.807) is 0 Å². The molecule has 4 nitrogen and oxygen atoms in total. The fourth-order valence-electron chi connectivity index (χ4n) is 4.38. The van der Waals surface area contributed by atoms with E-state index in [0.717, 1.165) is 22.9 Å². The lowest BCUT2D eigenvalue weighted by Gasteiger charge is -2.36. The SMILES string of the molecule is O=C(O)C1CN(Cc2ccc(OCc3ccc(C4CCCCC4)c(Cl)c3)cc2)C1. The zero-order chi connectivity index (χ0) is 20.2. The number of benzene rings is 2. The molecule has 0 atom stereocenters. The molecular weight excluding hydrogens is 386 g/mol. The summed E-state index contributed by atoms with van der Waals surface area (Å²) in [5, 5.41) is 9.82. The molecule has 5 heteroatoms. The Bertz CT molecular complexity index is 840. The van der Waals surface area contributed by atoms with Gasteiger partial charge in [-0.2, -0.15) is 0 Å². The molecule has 1 aliphatic carbocycles. The highest BCUT2D eigenvalue weighted by Crippen LogP contribution is 2.36. The quantitative estimate of drug-likeness (QED) is 0.652. The Hall–Kier alpha value is -2.04. The summed E-state index contributed by atoms with van der Waals surface area (Å²) in [4.78, 5) is 13.0. The highest BCUT2D eigenvalue weighted by Gasteiger charge is 2.32. The minimum Gasteiger partial charge on any atom is -0.489 e. The second-order valence-corrected chi connectivity index (χ2v) is 8.76. The third kappa shape index (κ3) is 5.12. The van der Waals surface area contributed by atoms with Gasteiger partial charge >= 0.3 is 5.97 Å². The van der Waals surface area contributed by atoms with Gasteiger partial charge in [-0.25, -0.2) is 0 Å². The first-order valence-electron chi connectivity index (χ1n) is 10.5. The topological polar surface area (TPSA) is 49.8 Å². The van der Waals surface area contributed by atoms with Crippen LogP contribution < -0.4 is 4.74 Å². The van der Waals surface area contributed by atoms with Gasteiger partial charge in [0.25, 0.3) is 0 Å². The van der Waals surface area contributed by atoms with Crippen molar-refractivity contribution in [3.05, 3.63) is 64.2 Å². The highest BCUT2D eigenvalue weighted by atomic mass is 35.5. The molecule has 1 aliphatic heterocycles. The van der Waals surface area contributed by atoms with Crippen LogP contribution in [0.15, 0.2) is 42.5 Å². The molecule has 4 rings (SSSR count). The summed E-state index contributed by atoms with van der Waals surface area (Å²) in [6.45, 7) is 2.54. The van der Waals surface area contributed by atoms with E-state index in [2.05, 4.69) is 17.0 Å². The Morgan fingerprint density at radius 2 is 1.72 bits per heavy atom. The number of nitrogens with zero attached hydrogens (tertiary/aromatic N) is 1.